The lowest BCUT2D eigenvalue weighted by Crippen LogP contribution is -2.57. The minimum Gasteiger partial charge on any atom is -0.397 e. The van der Waals surface area contributed by atoms with E-state index in [0.717, 1.165) is 12.1 Å². The van der Waals surface area contributed by atoms with Crippen LogP contribution in [0.3, 0.4) is 0 Å². The quantitative estimate of drug-likeness (QED) is 0.835. The van der Waals surface area contributed by atoms with Crippen molar-refractivity contribution in [3.63, 3.8) is 0 Å². The first-order chi connectivity index (χ1) is 9.77. The van der Waals surface area contributed by atoms with Crippen LogP contribution >= 0.6 is 0 Å². The molecule has 3 N–H and O–H groups in total. The minimum absolute atomic E-state index is 0.0447. The first kappa shape index (κ1) is 15.6. The lowest BCUT2D eigenvalue weighted by Gasteiger charge is -2.51. The second kappa shape index (κ2) is 5.56. The van der Waals surface area contributed by atoms with Gasteiger partial charge in [-0.25, -0.2) is 0 Å². The van der Waals surface area contributed by atoms with Crippen LogP contribution in [0.15, 0.2) is 18.2 Å². The van der Waals surface area contributed by atoms with Crippen LogP contribution in [0.1, 0.15) is 30.6 Å². The van der Waals surface area contributed by atoms with Gasteiger partial charge >= 0.3 is 0 Å². The molecule has 5 nitrogen and oxygen atoms in total. The van der Waals surface area contributed by atoms with E-state index in [9.17, 15) is 4.79 Å². The average Bonchev–Trinajstić information content (AvgIpc) is 2.43. The van der Waals surface area contributed by atoms with Gasteiger partial charge in [-0.2, -0.15) is 0 Å². The molecule has 0 saturated heterocycles. The molecule has 0 heterocycles. The normalized spacial score (nSPS) is 23.3. The Morgan fingerprint density at radius 2 is 2.10 bits per heavy atom. The summed E-state index contributed by atoms with van der Waals surface area (Å²) < 4.78 is 5.46. The van der Waals surface area contributed by atoms with E-state index in [1.165, 1.54) is 0 Å². The van der Waals surface area contributed by atoms with Gasteiger partial charge in [0.25, 0.3) is 5.91 Å². The maximum Gasteiger partial charge on any atom is 0.253 e. The van der Waals surface area contributed by atoms with Gasteiger partial charge in [-0.05, 0) is 24.6 Å². The molecule has 0 spiro atoms. The second-order valence-corrected chi connectivity index (χ2v) is 6.48. The van der Waals surface area contributed by atoms with Crippen LogP contribution in [-0.2, 0) is 4.74 Å². The molecule has 2 rings (SSSR count). The van der Waals surface area contributed by atoms with E-state index in [4.69, 9.17) is 10.5 Å². The number of carbonyl (C=O) groups excluding carboxylic acids is 1. The Kier molecular flexibility index (Phi) is 4.14. The van der Waals surface area contributed by atoms with Crippen molar-refractivity contribution >= 4 is 17.3 Å². The van der Waals surface area contributed by atoms with Crippen molar-refractivity contribution in [1.29, 1.82) is 0 Å². The lowest BCUT2D eigenvalue weighted by atomic mass is 9.64. The van der Waals surface area contributed by atoms with Gasteiger partial charge in [-0.1, -0.05) is 13.8 Å². The van der Waals surface area contributed by atoms with E-state index >= 15 is 0 Å². The Bertz CT molecular complexity index is 540. The molecule has 1 aliphatic carbocycles. The van der Waals surface area contributed by atoms with Crippen molar-refractivity contribution < 1.29 is 9.53 Å². The van der Waals surface area contributed by atoms with Crippen LogP contribution in [0.4, 0.5) is 11.4 Å². The number of rotatable bonds is 4. The van der Waals surface area contributed by atoms with Gasteiger partial charge in [0.05, 0.1) is 17.5 Å². The van der Waals surface area contributed by atoms with Crippen LogP contribution < -0.4 is 11.1 Å². The number of hydrogen-bond donors (Lipinski definition) is 2. The summed E-state index contributed by atoms with van der Waals surface area (Å²) in [6, 6.07) is 5.73. The molecule has 0 aromatic heterocycles. The fourth-order valence-electron chi connectivity index (χ4n) is 2.80. The van der Waals surface area contributed by atoms with Crippen molar-refractivity contribution in [3.8, 4) is 0 Å². The molecule has 2 unspecified atom stereocenters. The molecule has 1 aromatic carbocycles. The number of benzene rings is 1. The van der Waals surface area contributed by atoms with Crippen molar-refractivity contribution in [3.05, 3.63) is 23.8 Å². The molecule has 0 aliphatic heterocycles. The third-order valence-corrected chi connectivity index (χ3v) is 4.50. The zero-order chi connectivity index (χ0) is 15.8. The number of nitrogen functional groups attached to an aromatic ring is 1. The number of nitrogens with two attached hydrogens (primary N) is 1. The molecule has 1 saturated carbocycles. The van der Waals surface area contributed by atoms with Crippen LogP contribution in [-0.4, -0.2) is 44.2 Å². The molecule has 1 fully saturated rings. The van der Waals surface area contributed by atoms with E-state index < -0.39 is 0 Å². The van der Waals surface area contributed by atoms with Crippen LogP contribution in [0, 0.1) is 5.41 Å². The van der Waals surface area contributed by atoms with Crippen LogP contribution in [0.2, 0.25) is 0 Å². The first-order valence-electron chi connectivity index (χ1n) is 7.18. The molecule has 5 heteroatoms. The zero-order valence-electron chi connectivity index (χ0n) is 13.4. The molecular formula is C16H25N3O2. The summed E-state index contributed by atoms with van der Waals surface area (Å²) in [5.74, 6) is -0.0447. The van der Waals surface area contributed by atoms with Crippen molar-refractivity contribution in [2.75, 3.05) is 32.3 Å². The van der Waals surface area contributed by atoms with Gasteiger partial charge in [0.2, 0.25) is 0 Å². The number of nitrogens with one attached hydrogen (secondary N) is 1. The smallest absolute Gasteiger partial charge is 0.253 e. The molecular weight excluding hydrogens is 266 g/mol. The first-order valence-corrected chi connectivity index (χ1v) is 7.18. The summed E-state index contributed by atoms with van der Waals surface area (Å²) in [5.41, 5.74) is 8.22. The SMILES string of the molecule is COC1CC(Nc2ccc(C(=O)N(C)C)cc2N)C1(C)C. The van der Waals surface area contributed by atoms with Gasteiger partial charge in [0.1, 0.15) is 0 Å². The number of hydrogen-bond acceptors (Lipinski definition) is 4. The topological polar surface area (TPSA) is 67.6 Å². The summed E-state index contributed by atoms with van der Waals surface area (Å²) in [7, 11) is 5.21. The van der Waals surface area contributed by atoms with Gasteiger partial charge in [0.15, 0.2) is 0 Å². The summed E-state index contributed by atoms with van der Waals surface area (Å²) in [5, 5.41) is 3.47. The molecule has 2 atom stereocenters. The average molecular weight is 291 g/mol. The number of methoxy groups -OCH3 is 1. The van der Waals surface area contributed by atoms with Gasteiger partial charge in [-0.3, -0.25) is 4.79 Å². The fourth-order valence-corrected chi connectivity index (χ4v) is 2.80. The van der Waals surface area contributed by atoms with E-state index in [1.54, 1.807) is 38.2 Å². The molecule has 1 aromatic rings. The summed E-state index contributed by atoms with van der Waals surface area (Å²) in [6.45, 7) is 4.37. The highest BCUT2D eigenvalue weighted by molar-refractivity contribution is 5.95. The molecule has 1 aliphatic rings. The van der Waals surface area contributed by atoms with E-state index in [2.05, 4.69) is 19.2 Å². The molecule has 1 amide bonds. The Morgan fingerprint density at radius 3 is 2.57 bits per heavy atom. The highest BCUT2D eigenvalue weighted by Crippen LogP contribution is 2.44. The van der Waals surface area contributed by atoms with E-state index in [1.807, 2.05) is 6.07 Å². The Balaban J connectivity index is 2.11. The highest BCUT2D eigenvalue weighted by Gasteiger charge is 2.48. The van der Waals surface area contributed by atoms with Crippen molar-refractivity contribution in [1.82, 2.24) is 4.90 Å². The van der Waals surface area contributed by atoms with Crippen molar-refractivity contribution in [2.45, 2.75) is 32.4 Å². The molecule has 21 heavy (non-hydrogen) atoms. The number of anilines is 2. The number of nitrogens with zero attached hydrogens (tertiary/aromatic N) is 1. The predicted octanol–water partition coefficient (Wildman–Crippen LogP) is 2.20. The predicted molar refractivity (Wildman–Crippen MR) is 85.5 cm³/mol. The number of ether oxygens (including phenoxy) is 1. The number of carbonyl (C=O) groups is 1. The Labute approximate surface area is 126 Å². The van der Waals surface area contributed by atoms with E-state index in [0.29, 0.717) is 17.3 Å². The third kappa shape index (κ3) is 2.83. The second-order valence-electron chi connectivity index (χ2n) is 6.48. The van der Waals surface area contributed by atoms with Crippen molar-refractivity contribution in [2.24, 2.45) is 5.41 Å². The van der Waals surface area contributed by atoms with Crippen LogP contribution in [0.25, 0.3) is 0 Å². The highest BCUT2D eigenvalue weighted by atomic mass is 16.5. The maximum absolute atomic E-state index is 11.9. The maximum atomic E-state index is 11.9. The van der Waals surface area contributed by atoms with Gasteiger partial charge in [0, 0.05) is 38.2 Å². The Hall–Kier alpha value is -1.75. The van der Waals surface area contributed by atoms with Gasteiger partial charge < -0.3 is 20.7 Å². The summed E-state index contributed by atoms with van der Waals surface area (Å²) >= 11 is 0. The minimum atomic E-state index is -0.0447. The molecule has 0 radical (unpaired) electrons. The molecule has 116 valence electrons. The lowest BCUT2D eigenvalue weighted by molar-refractivity contribution is -0.0794. The monoisotopic (exact) mass is 291 g/mol. The van der Waals surface area contributed by atoms with E-state index in [-0.39, 0.29) is 17.4 Å². The molecule has 0 bridgehead atoms. The fraction of sp³-hybridized carbons (Fsp3) is 0.562. The van der Waals surface area contributed by atoms with Crippen LogP contribution in [0.5, 0.6) is 0 Å². The largest absolute Gasteiger partial charge is 0.397 e. The standard InChI is InChI=1S/C16H25N3O2/c1-16(2)13(9-14(16)21-5)18-12-7-6-10(8-11(12)17)15(20)19(3)4/h6-8,13-14,18H,9,17H2,1-5H3. The summed E-state index contributed by atoms with van der Waals surface area (Å²) in [4.78, 5) is 13.5. The third-order valence-electron chi connectivity index (χ3n) is 4.50. The summed E-state index contributed by atoms with van der Waals surface area (Å²) in [6.07, 6.45) is 1.23. The Morgan fingerprint density at radius 1 is 1.43 bits per heavy atom. The number of amides is 1. The van der Waals surface area contributed by atoms with Gasteiger partial charge in [-0.15, -0.1) is 0 Å². The zero-order valence-corrected chi connectivity index (χ0v) is 13.4.